The lowest BCUT2D eigenvalue weighted by Gasteiger charge is -2.43. The van der Waals surface area contributed by atoms with Crippen LogP contribution in [0.1, 0.15) is 54.7 Å². The quantitative estimate of drug-likeness (QED) is 0.353. The fourth-order valence-corrected chi connectivity index (χ4v) is 10.5. The third-order valence-electron chi connectivity index (χ3n) is 9.29. The van der Waals surface area contributed by atoms with Crippen LogP contribution in [0.3, 0.4) is 0 Å². The van der Waals surface area contributed by atoms with Crippen molar-refractivity contribution >= 4 is 40.6 Å². The number of anilines is 1. The average Bonchev–Trinajstić information content (AvgIpc) is 3.62. The van der Waals surface area contributed by atoms with Crippen LogP contribution in [0.5, 0.6) is 0 Å². The van der Waals surface area contributed by atoms with Gasteiger partial charge >= 0.3 is 11.0 Å². The van der Waals surface area contributed by atoms with E-state index in [-0.39, 0.29) is 44.9 Å². The largest absolute Gasteiger partial charge is 0.416 e. The van der Waals surface area contributed by atoms with Crippen molar-refractivity contribution in [2.45, 2.75) is 55.0 Å². The van der Waals surface area contributed by atoms with Crippen molar-refractivity contribution in [2.75, 3.05) is 4.90 Å². The second kappa shape index (κ2) is 8.58. The Balaban J connectivity index is 1.29. The van der Waals surface area contributed by atoms with E-state index < -0.39 is 35.4 Å². The monoisotopic (exact) mass is 584 g/mol. The lowest BCUT2D eigenvalue weighted by Crippen LogP contribution is -2.42. The number of H-pyrrole nitrogens is 1. The Morgan fingerprint density at radius 2 is 1.57 bits per heavy atom. The van der Waals surface area contributed by atoms with Crippen LogP contribution in [0.4, 0.5) is 18.9 Å². The van der Waals surface area contributed by atoms with Crippen molar-refractivity contribution in [2.24, 2.45) is 29.6 Å². The highest BCUT2D eigenvalue weighted by Crippen LogP contribution is 2.68. The molecule has 7 rings (SSSR count). The Morgan fingerprint density at radius 1 is 0.900 bits per heavy atom. The van der Waals surface area contributed by atoms with Crippen LogP contribution in [0.2, 0.25) is 0 Å². The predicted molar refractivity (Wildman–Crippen MR) is 148 cm³/mol. The van der Waals surface area contributed by atoms with Crippen molar-refractivity contribution in [3.63, 3.8) is 0 Å². The maximum atomic E-state index is 13.8. The van der Waals surface area contributed by atoms with Gasteiger partial charge in [0.2, 0.25) is 11.8 Å². The summed E-state index contributed by atoms with van der Waals surface area (Å²) >= 11 is 2.80. The number of nitrogens with zero attached hydrogens (tertiary/aromatic N) is 1. The molecule has 1 N–H and O–H groups in total. The number of aromatic amines is 1. The smallest absolute Gasteiger partial charge is 0.307 e. The lowest BCUT2D eigenvalue weighted by molar-refractivity contribution is -0.137. The molecule has 10 heteroatoms. The number of fused-ring (bicyclic) bond motifs is 9. The van der Waals surface area contributed by atoms with E-state index in [4.69, 9.17) is 0 Å². The fraction of sp³-hybridized carbons (Fsp3) is 0.433. The Kier molecular flexibility index (Phi) is 5.59. The van der Waals surface area contributed by atoms with Crippen LogP contribution >= 0.6 is 23.1 Å². The Bertz CT molecular complexity index is 1600. The Morgan fingerprint density at radius 3 is 2.23 bits per heavy atom. The second-order valence-corrected chi connectivity index (χ2v) is 14.6. The van der Waals surface area contributed by atoms with E-state index in [0.717, 1.165) is 38.9 Å². The predicted octanol–water partition coefficient (Wildman–Crippen LogP) is 6.43. The number of thiazole rings is 1. The summed E-state index contributed by atoms with van der Waals surface area (Å²) in [6.07, 6.45) is -3.85. The summed E-state index contributed by atoms with van der Waals surface area (Å²) in [4.78, 5) is 44.9. The van der Waals surface area contributed by atoms with Gasteiger partial charge in [-0.25, -0.2) is 0 Å². The van der Waals surface area contributed by atoms with Crippen molar-refractivity contribution in [3.05, 3.63) is 79.8 Å². The topological polar surface area (TPSA) is 70.2 Å². The van der Waals surface area contributed by atoms with Gasteiger partial charge in [-0.2, -0.15) is 13.2 Å². The van der Waals surface area contributed by atoms with Crippen molar-refractivity contribution in [1.82, 2.24) is 4.98 Å². The molecule has 3 aromatic rings. The van der Waals surface area contributed by atoms with Crippen LogP contribution in [0.25, 0.3) is 0 Å². The number of alkyl halides is 3. The number of carbonyl (C=O) groups excluding carboxylic acids is 2. The maximum Gasteiger partial charge on any atom is 0.416 e. The Labute approximate surface area is 237 Å². The molecule has 5 nitrogen and oxygen atoms in total. The van der Waals surface area contributed by atoms with E-state index in [1.165, 1.54) is 29.0 Å². The molecule has 2 aliphatic carbocycles. The van der Waals surface area contributed by atoms with Gasteiger partial charge in [-0.3, -0.25) is 19.3 Å². The van der Waals surface area contributed by atoms with Crippen molar-refractivity contribution in [1.29, 1.82) is 0 Å². The molecule has 2 aromatic carbocycles. The minimum atomic E-state index is -4.58. The number of hydrogen-bond donors (Lipinski definition) is 1. The summed E-state index contributed by atoms with van der Waals surface area (Å²) < 4.78 is 40.3. The second-order valence-electron chi connectivity index (χ2n) is 12.4. The number of carbonyl (C=O) groups is 2. The molecule has 3 heterocycles. The first-order valence-corrected chi connectivity index (χ1v) is 15.1. The summed E-state index contributed by atoms with van der Waals surface area (Å²) in [5, 5.41) is 0.853. The van der Waals surface area contributed by atoms with Gasteiger partial charge in [-0.15, -0.1) is 11.8 Å². The normalized spacial score (nSPS) is 30.9. The summed E-state index contributed by atoms with van der Waals surface area (Å²) in [6.45, 7) is 6.46. The third kappa shape index (κ3) is 3.71. The van der Waals surface area contributed by atoms with Crippen molar-refractivity contribution < 1.29 is 22.8 Å². The van der Waals surface area contributed by atoms with Gasteiger partial charge in [-0.1, -0.05) is 62.4 Å². The molecule has 0 spiro atoms. The van der Waals surface area contributed by atoms with Gasteiger partial charge in [0, 0.05) is 16.0 Å². The zero-order valence-electron chi connectivity index (χ0n) is 22.0. The highest BCUT2D eigenvalue weighted by Gasteiger charge is 2.69. The molecule has 1 saturated heterocycles. The average molecular weight is 585 g/mol. The first-order valence-electron chi connectivity index (χ1n) is 13.4. The summed E-state index contributed by atoms with van der Waals surface area (Å²) in [6, 6.07) is 13.0. The number of halogens is 3. The Hall–Kier alpha value is -2.85. The third-order valence-corrected chi connectivity index (χ3v) is 11.9. The van der Waals surface area contributed by atoms with Crippen molar-refractivity contribution in [3.8, 4) is 0 Å². The van der Waals surface area contributed by atoms with Crippen LogP contribution in [0, 0.1) is 29.6 Å². The number of thioether (sulfide) groups is 1. The zero-order chi connectivity index (χ0) is 28.3. The molecule has 7 atom stereocenters. The van der Waals surface area contributed by atoms with E-state index in [1.807, 2.05) is 0 Å². The number of hydrogen-bond acceptors (Lipinski definition) is 5. The molecule has 0 unspecified atom stereocenters. The highest BCUT2D eigenvalue weighted by atomic mass is 32.2. The van der Waals surface area contributed by atoms with E-state index in [0.29, 0.717) is 0 Å². The van der Waals surface area contributed by atoms with Crippen LogP contribution in [-0.2, 0) is 21.2 Å². The molecule has 2 bridgehead atoms. The van der Waals surface area contributed by atoms with E-state index >= 15 is 0 Å². The number of aromatic nitrogens is 1. The van der Waals surface area contributed by atoms with Gasteiger partial charge in [0.25, 0.3) is 0 Å². The fourth-order valence-electron chi connectivity index (χ4n) is 7.66. The van der Waals surface area contributed by atoms with Gasteiger partial charge in [-0.05, 0) is 58.9 Å². The van der Waals surface area contributed by atoms with Gasteiger partial charge in [0.1, 0.15) is 0 Å². The maximum absolute atomic E-state index is 13.8. The number of amides is 2. The van der Waals surface area contributed by atoms with E-state index in [2.05, 4.69) is 50.0 Å². The van der Waals surface area contributed by atoms with Gasteiger partial charge in [0.05, 0.1) is 28.1 Å². The SMILES string of the molecule is CC(C)(C)c1ccc([C@@H]2c3sc(=O)[nH]c3S[C@@H]3[C@@H]4C[C@@H]([C@@H]5C(=O)N(c6cccc(C(F)(F)F)c6)C(=O)[C@@H]45)[C@@H]23)cc1. The highest BCUT2D eigenvalue weighted by molar-refractivity contribution is 8.00. The molecular weight excluding hydrogens is 557 g/mol. The summed E-state index contributed by atoms with van der Waals surface area (Å²) in [7, 11) is 0. The van der Waals surface area contributed by atoms with Gasteiger partial charge < -0.3 is 4.98 Å². The number of rotatable bonds is 2. The molecule has 0 radical (unpaired) electrons. The molecule has 2 amide bonds. The lowest BCUT2D eigenvalue weighted by atomic mass is 9.68. The van der Waals surface area contributed by atoms with Crippen LogP contribution in [-0.4, -0.2) is 22.0 Å². The summed E-state index contributed by atoms with van der Waals surface area (Å²) in [5.74, 6) is -2.19. The molecular formula is C30H27F3N2O3S2. The first-order chi connectivity index (χ1) is 18.8. The molecule has 4 aliphatic rings. The number of nitrogens with one attached hydrogen (secondary N) is 1. The zero-order valence-corrected chi connectivity index (χ0v) is 23.6. The molecule has 2 saturated carbocycles. The van der Waals surface area contributed by atoms with E-state index in [9.17, 15) is 27.6 Å². The first kappa shape index (κ1) is 26.1. The van der Waals surface area contributed by atoms with Gasteiger partial charge in [0.15, 0.2) is 0 Å². The minimum absolute atomic E-state index is 0.0172. The summed E-state index contributed by atoms with van der Waals surface area (Å²) in [5.41, 5.74) is 1.35. The molecule has 3 fully saturated rings. The van der Waals surface area contributed by atoms with Crippen LogP contribution < -0.4 is 9.77 Å². The number of imide groups is 1. The molecule has 40 heavy (non-hydrogen) atoms. The number of benzene rings is 2. The van der Waals surface area contributed by atoms with Crippen LogP contribution in [0.15, 0.2) is 58.4 Å². The standard InChI is InChI=1S/C30H27F3N2O3S2/c1-29(2,3)14-9-7-13(8-10-14)19-20-17-12-18(23(20)39-25-24(19)40-28(38)34-25)22-21(17)26(36)35(27(22)37)16-6-4-5-15(11-16)30(31,32)33/h4-11,17-23H,12H2,1-3H3,(H,34,38)/t17-,18-,19+,20+,21+,22+,23-/m1/s1. The van der Waals surface area contributed by atoms with E-state index in [1.54, 1.807) is 11.8 Å². The minimum Gasteiger partial charge on any atom is -0.307 e. The molecule has 2 aliphatic heterocycles. The molecule has 1 aromatic heterocycles. The molecule has 208 valence electrons.